The monoisotopic (exact) mass is 176 g/mol. The predicted molar refractivity (Wildman–Crippen MR) is 53.4 cm³/mol. The molecule has 0 fully saturated rings. The zero-order chi connectivity index (χ0) is 9.52. The third-order valence-corrected chi connectivity index (χ3v) is 1.41. The molecule has 1 heterocycles. The van der Waals surface area contributed by atoms with Crippen molar-refractivity contribution in [3.05, 3.63) is 36.7 Å². The van der Waals surface area contributed by atoms with Crippen molar-refractivity contribution in [1.29, 1.82) is 0 Å². The Morgan fingerprint density at radius 2 is 2.54 bits per heavy atom. The van der Waals surface area contributed by atoms with Crippen molar-refractivity contribution in [2.45, 2.75) is 0 Å². The molecule has 1 aromatic rings. The summed E-state index contributed by atoms with van der Waals surface area (Å²) in [6.07, 6.45) is 5.07. The summed E-state index contributed by atoms with van der Waals surface area (Å²) in [7, 11) is 1.70. The van der Waals surface area contributed by atoms with E-state index in [2.05, 4.69) is 16.6 Å². The van der Waals surface area contributed by atoms with Gasteiger partial charge >= 0.3 is 0 Å². The largest absolute Gasteiger partial charge is 0.487 e. The van der Waals surface area contributed by atoms with Crippen molar-refractivity contribution in [2.24, 2.45) is 4.99 Å². The third-order valence-electron chi connectivity index (χ3n) is 1.41. The molecule has 3 heteroatoms. The molecule has 1 aromatic heterocycles. The number of rotatable bonds is 4. The van der Waals surface area contributed by atoms with Crippen LogP contribution in [-0.4, -0.2) is 24.9 Å². The quantitative estimate of drug-likeness (QED) is 0.517. The maximum Gasteiger partial charge on any atom is 0.147 e. The van der Waals surface area contributed by atoms with Gasteiger partial charge in [-0.1, -0.05) is 12.7 Å². The van der Waals surface area contributed by atoms with Crippen LogP contribution in [0.3, 0.4) is 0 Å². The summed E-state index contributed by atoms with van der Waals surface area (Å²) in [4.78, 5) is 7.99. The van der Waals surface area contributed by atoms with Crippen LogP contribution in [0.25, 0.3) is 0 Å². The highest BCUT2D eigenvalue weighted by molar-refractivity contribution is 5.80. The van der Waals surface area contributed by atoms with Gasteiger partial charge in [0.25, 0.3) is 0 Å². The fraction of sp³-hybridized carbons (Fsp3) is 0.200. The first-order valence-electron chi connectivity index (χ1n) is 3.99. The number of hydrogen-bond donors (Lipinski definition) is 0. The molecule has 0 atom stereocenters. The van der Waals surface area contributed by atoms with E-state index in [1.165, 1.54) is 0 Å². The molecule has 0 saturated carbocycles. The molecule has 0 amide bonds. The number of hydrogen-bond acceptors (Lipinski definition) is 3. The Morgan fingerprint density at radius 1 is 1.69 bits per heavy atom. The van der Waals surface area contributed by atoms with Crippen molar-refractivity contribution in [1.82, 2.24) is 4.98 Å². The number of pyridine rings is 1. The normalized spacial score (nSPS) is 10.2. The van der Waals surface area contributed by atoms with Crippen molar-refractivity contribution < 1.29 is 4.74 Å². The second-order valence-electron chi connectivity index (χ2n) is 2.37. The van der Waals surface area contributed by atoms with Crippen LogP contribution in [0.15, 0.2) is 36.0 Å². The fourth-order valence-corrected chi connectivity index (χ4v) is 0.893. The Balaban J connectivity index is 2.83. The van der Waals surface area contributed by atoms with Crippen LogP contribution in [-0.2, 0) is 0 Å². The Hall–Kier alpha value is -1.64. The highest BCUT2D eigenvalue weighted by Gasteiger charge is 1.99. The van der Waals surface area contributed by atoms with Crippen LogP contribution in [0.1, 0.15) is 5.69 Å². The topological polar surface area (TPSA) is 34.5 Å². The zero-order valence-corrected chi connectivity index (χ0v) is 7.60. The Kier molecular flexibility index (Phi) is 3.70. The highest BCUT2D eigenvalue weighted by Crippen LogP contribution is 2.12. The van der Waals surface area contributed by atoms with Gasteiger partial charge in [-0.25, -0.2) is 0 Å². The van der Waals surface area contributed by atoms with E-state index < -0.39 is 0 Å². The van der Waals surface area contributed by atoms with Gasteiger partial charge < -0.3 is 4.74 Å². The molecule has 68 valence electrons. The summed E-state index contributed by atoms with van der Waals surface area (Å²) in [5.74, 6) is 0.730. The molecular formula is C10H12N2O. The summed E-state index contributed by atoms with van der Waals surface area (Å²) in [6, 6.07) is 3.68. The zero-order valence-electron chi connectivity index (χ0n) is 7.60. The van der Waals surface area contributed by atoms with Gasteiger partial charge in [-0.05, 0) is 12.1 Å². The first kappa shape index (κ1) is 9.45. The van der Waals surface area contributed by atoms with E-state index in [-0.39, 0.29) is 0 Å². The second kappa shape index (κ2) is 5.09. The molecular weight excluding hydrogens is 164 g/mol. The molecule has 13 heavy (non-hydrogen) atoms. The maximum absolute atomic E-state index is 5.37. The van der Waals surface area contributed by atoms with Gasteiger partial charge in [-0.3, -0.25) is 9.98 Å². The number of aliphatic imine (C=N–C) groups is 1. The van der Waals surface area contributed by atoms with Gasteiger partial charge in [0.1, 0.15) is 18.1 Å². The maximum atomic E-state index is 5.37. The predicted octanol–water partition coefficient (Wildman–Crippen LogP) is 1.70. The minimum atomic E-state index is 0.482. The molecule has 0 spiro atoms. The third kappa shape index (κ3) is 2.71. The van der Waals surface area contributed by atoms with Gasteiger partial charge in [0.05, 0.1) is 6.21 Å². The Morgan fingerprint density at radius 3 is 3.23 bits per heavy atom. The Labute approximate surface area is 77.8 Å². The van der Waals surface area contributed by atoms with Gasteiger partial charge in [0.15, 0.2) is 0 Å². The smallest absolute Gasteiger partial charge is 0.147 e. The van der Waals surface area contributed by atoms with Crippen LogP contribution in [0.4, 0.5) is 0 Å². The van der Waals surface area contributed by atoms with E-state index in [0.717, 1.165) is 11.4 Å². The molecule has 0 N–H and O–H groups in total. The van der Waals surface area contributed by atoms with E-state index in [1.807, 2.05) is 12.1 Å². The summed E-state index contributed by atoms with van der Waals surface area (Å²) in [6.45, 7) is 4.05. The number of ether oxygens (including phenoxy) is 1. The van der Waals surface area contributed by atoms with Gasteiger partial charge in [-0.15, -0.1) is 0 Å². The van der Waals surface area contributed by atoms with E-state index in [9.17, 15) is 0 Å². The van der Waals surface area contributed by atoms with Crippen LogP contribution >= 0.6 is 0 Å². The van der Waals surface area contributed by atoms with Crippen molar-refractivity contribution in [3.63, 3.8) is 0 Å². The van der Waals surface area contributed by atoms with E-state index in [1.54, 1.807) is 25.5 Å². The highest BCUT2D eigenvalue weighted by atomic mass is 16.5. The number of nitrogens with zero attached hydrogens (tertiary/aromatic N) is 2. The van der Waals surface area contributed by atoms with Crippen LogP contribution < -0.4 is 4.74 Å². The van der Waals surface area contributed by atoms with Crippen molar-refractivity contribution in [2.75, 3.05) is 13.7 Å². The lowest BCUT2D eigenvalue weighted by Gasteiger charge is -2.04. The van der Waals surface area contributed by atoms with Crippen LogP contribution in [0, 0.1) is 0 Å². The fourth-order valence-electron chi connectivity index (χ4n) is 0.893. The average Bonchev–Trinajstić information content (AvgIpc) is 2.17. The summed E-state index contributed by atoms with van der Waals surface area (Å²) >= 11 is 0. The van der Waals surface area contributed by atoms with Crippen LogP contribution in [0.5, 0.6) is 5.75 Å². The van der Waals surface area contributed by atoms with Crippen LogP contribution in [0.2, 0.25) is 0 Å². The molecule has 0 aliphatic rings. The van der Waals surface area contributed by atoms with Gasteiger partial charge in [0, 0.05) is 13.2 Å². The van der Waals surface area contributed by atoms with Crippen molar-refractivity contribution >= 4 is 6.21 Å². The van der Waals surface area contributed by atoms with Gasteiger partial charge in [-0.2, -0.15) is 0 Å². The first-order valence-corrected chi connectivity index (χ1v) is 3.99. The minimum absolute atomic E-state index is 0.482. The van der Waals surface area contributed by atoms with E-state index in [0.29, 0.717) is 6.61 Å². The minimum Gasteiger partial charge on any atom is -0.487 e. The first-order chi connectivity index (χ1) is 6.38. The molecule has 3 nitrogen and oxygen atoms in total. The lowest BCUT2D eigenvalue weighted by Crippen LogP contribution is -1.98. The molecule has 0 bridgehead atoms. The average molecular weight is 176 g/mol. The molecule has 0 aliphatic heterocycles. The Bertz CT molecular complexity index is 308. The van der Waals surface area contributed by atoms with Crippen molar-refractivity contribution in [3.8, 4) is 5.75 Å². The lowest BCUT2D eigenvalue weighted by molar-refractivity contribution is 0.361. The molecule has 0 radical (unpaired) electrons. The molecule has 0 aliphatic carbocycles. The van der Waals surface area contributed by atoms with Gasteiger partial charge in [0.2, 0.25) is 0 Å². The molecule has 0 unspecified atom stereocenters. The van der Waals surface area contributed by atoms with E-state index >= 15 is 0 Å². The second-order valence-corrected chi connectivity index (χ2v) is 2.37. The standard InChI is InChI=1S/C10H12N2O/c1-3-7-13-10-5-4-6-12-9(10)8-11-2/h3-6,8H,1,7H2,2H3/b11-8+. The summed E-state index contributed by atoms with van der Waals surface area (Å²) < 4.78 is 5.37. The number of aromatic nitrogens is 1. The summed E-state index contributed by atoms with van der Waals surface area (Å²) in [5.41, 5.74) is 0.742. The summed E-state index contributed by atoms with van der Waals surface area (Å²) in [5, 5.41) is 0. The SMILES string of the molecule is C=CCOc1cccnc1/C=N/C. The lowest BCUT2D eigenvalue weighted by atomic mass is 10.3. The molecule has 1 rings (SSSR count). The molecule has 0 saturated heterocycles. The van der Waals surface area contributed by atoms with E-state index in [4.69, 9.17) is 4.74 Å². The molecule has 0 aromatic carbocycles.